The van der Waals surface area contributed by atoms with Crippen LogP contribution in [-0.2, 0) is 0 Å². The number of nitro groups is 1. The lowest BCUT2D eigenvalue weighted by molar-refractivity contribution is -0.581. The monoisotopic (exact) mass is 159 g/mol. The van der Waals surface area contributed by atoms with Crippen LogP contribution in [0.5, 0.6) is 0 Å². The van der Waals surface area contributed by atoms with Crippen LogP contribution in [0, 0.1) is 16.0 Å². The molecule has 0 aromatic heterocycles. The third-order valence-corrected chi connectivity index (χ3v) is 2.29. The Hall–Kier alpha value is -0.640. The van der Waals surface area contributed by atoms with E-state index in [4.69, 9.17) is 5.11 Å². The van der Waals surface area contributed by atoms with Gasteiger partial charge in [0.25, 0.3) is 0 Å². The van der Waals surface area contributed by atoms with E-state index in [0.717, 1.165) is 32.1 Å². The highest BCUT2D eigenvalue weighted by atomic mass is 16.7. The SMILES string of the molecule is O=[N+]([O-])C(O)C1CCCCC1. The van der Waals surface area contributed by atoms with Gasteiger partial charge in [-0.05, 0) is 12.8 Å². The minimum Gasteiger partial charge on any atom is -0.333 e. The molecule has 1 atom stereocenters. The molecule has 0 radical (unpaired) electrons. The van der Waals surface area contributed by atoms with Crippen LogP contribution < -0.4 is 0 Å². The highest BCUT2D eigenvalue weighted by Crippen LogP contribution is 2.26. The number of hydrogen-bond acceptors (Lipinski definition) is 3. The Kier molecular flexibility index (Phi) is 2.82. The smallest absolute Gasteiger partial charge is 0.315 e. The van der Waals surface area contributed by atoms with E-state index in [0.29, 0.717) is 0 Å². The summed E-state index contributed by atoms with van der Waals surface area (Å²) in [6.07, 6.45) is 3.49. The van der Waals surface area contributed by atoms with E-state index in [1.165, 1.54) is 0 Å². The van der Waals surface area contributed by atoms with Crippen LogP contribution in [0.4, 0.5) is 0 Å². The Balaban J connectivity index is 2.38. The molecule has 0 aliphatic heterocycles. The Morgan fingerprint density at radius 3 is 2.36 bits per heavy atom. The predicted molar refractivity (Wildman–Crippen MR) is 39.6 cm³/mol. The maximum Gasteiger partial charge on any atom is 0.315 e. The van der Waals surface area contributed by atoms with Crippen molar-refractivity contribution in [2.75, 3.05) is 0 Å². The molecule has 0 heterocycles. The first kappa shape index (κ1) is 8.46. The lowest BCUT2D eigenvalue weighted by Gasteiger charge is -2.20. The fourth-order valence-corrected chi connectivity index (χ4v) is 1.60. The molecule has 0 aromatic carbocycles. The fraction of sp³-hybridized carbons (Fsp3) is 1.00. The Bertz CT molecular complexity index is 143. The van der Waals surface area contributed by atoms with Crippen molar-refractivity contribution in [1.29, 1.82) is 0 Å². The zero-order valence-electron chi connectivity index (χ0n) is 6.40. The average molecular weight is 159 g/mol. The van der Waals surface area contributed by atoms with Crippen molar-refractivity contribution in [3.63, 3.8) is 0 Å². The summed E-state index contributed by atoms with van der Waals surface area (Å²) in [6, 6.07) is 0. The number of hydrogen-bond donors (Lipinski definition) is 1. The van der Waals surface area contributed by atoms with Gasteiger partial charge >= 0.3 is 6.23 Å². The molecule has 0 spiro atoms. The van der Waals surface area contributed by atoms with Gasteiger partial charge in [-0.25, -0.2) is 0 Å². The van der Waals surface area contributed by atoms with E-state index < -0.39 is 11.2 Å². The van der Waals surface area contributed by atoms with Gasteiger partial charge in [0, 0.05) is 0 Å². The first-order valence-corrected chi connectivity index (χ1v) is 4.03. The first-order chi connectivity index (χ1) is 5.22. The topological polar surface area (TPSA) is 63.4 Å². The van der Waals surface area contributed by atoms with Crippen molar-refractivity contribution in [3.8, 4) is 0 Å². The summed E-state index contributed by atoms with van der Waals surface area (Å²) < 4.78 is 0. The molecule has 1 aliphatic rings. The molecular formula is C7H13NO3. The lowest BCUT2D eigenvalue weighted by atomic mass is 9.88. The highest BCUT2D eigenvalue weighted by molar-refractivity contribution is 4.66. The van der Waals surface area contributed by atoms with E-state index in [9.17, 15) is 10.1 Å². The summed E-state index contributed by atoms with van der Waals surface area (Å²) >= 11 is 0. The largest absolute Gasteiger partial charge is 0.333 e. The minimum absolute atomic E-state index is 0.0984. The summed E-state index contributed by atoms with van der Waals surface area (Å²) in [4.78, 5) is 9.57. The van der Waals surface area contributed by atoms with Crippen molar-refractivity contribution < 1.29 is 10.0 Å². The van der Waals surface area contributed by atoms with E-state index in [1.807, 2.05) is 0 Å². The maximum absolute atomic E-state index is 10.2. The highest BCUT2D eigenvalue weighted by Gasteiger charge is 2.29. The zero-order chi connectivity index (χ0) is 8.27. The number of nitrogens with zero attached hydrogens (tertiary/aromatic N) is 1. The normalized spacial score (nSPS) is 23.0. The summed E-state index contributed by atoms with van der Waals surface area (Å²) in [6.45, 7) is 0. The van der Waals surface area contributed by atoms with Crippen LogP contribution in [0.2, 0.25) is 0 Å². The van der Waals surface area contributed by atoms with E-state index >= 15 is 0 Å². The second kappa shape index (κ2) is 3.67. The van der Waals surface area contributed by atoms with Gasteiger partial charge in [-0.1, -0.05) is 19.3 Å². The summed E-state index contributed by atoms with van der Waals surface area (Å²) in [7, 11) is 0. The molecule has 1 N–H and O–H groups in total. The number of aliphatic hydroxyl groups is 1. The summed E-state index contributed by atoms with van der Waals surface area (Å²) in [5.41, 5.74) is 0. The molecule has 11 heavy (non-hydrogen) atoms. The molecule has 0 saturated heterocycles. The lowest BCUT2D eigenvalue weighted by Crippen LogP contribution is -2.30. The van der Waals surface area contributed by atoms with Gasteiger partial charge < -0.3 is 5.11 Å². The van der Waals surface area contributed by atoms with Crippen molar-refractivity contribution in [3.05, 3.63) is 10.1 Å². The summed E-state index contributed by atoms with van der Waals surface area (Å²) in [5, 5.41) is 19.2. The zero-order valence-corrected chi connectivity index (χ0v) is 6.40. The molecule has 0 amide bonds. The molecule has 1 rings (SSSR count). The molecule has 1 fully saturated rings. The quantitative estimate of drug-likeness (QED) is 0.373. The number of rotatable bonds is 2. The molecule has 4 heteroatoms. The van der Waals surface area contributed by atoms with E-state index in [-0.39, 0.29) is 5.92 Å². The van der Waals surface area contributed by atoms with Gasteiger partial charge in [0.15, 0.2) is 0 Å². The molecule has 1 saturated carbocycles. The molecule has 0 bridgehead atoms. The molecule has 64 valence electrons. The van der Waals surface area contributed by atoms with Gasteiger partial charge in [0.2, 0.25) is 0 Å². The van der Waals surface area contributed by atoms with Crippen LogP contribution >= 0.6 is 0 Å². The van der Waals surface area contributed by atoms with Crippen molar-refractivity contribution in [2.45, 2.75) is 38.3 Å². The second-order valence-electron chi connectivity index (χ2n) is 3.10. The molecule has 0 aromatic rings. The fourth-order valence-electron chi connectivity index (χ4n) is 1.60. The van der Waals surface area contributed by atoms with E-state index in [2.05, 4.69) is 0 Å². The van der Waals surface area contributed by atoms with Gasteiger partial charge in [0.05, 0.1) is 10.8 Å². The van der Waals surface area contributed by atoms with E-state index in [1.54, 1.807) is 0 Å². The van der Waals surface area contributed by atoms with Gasteiger partial charge in [0.1, 0.15) is 0 Å². The van der Waals surface area contributed by atoms with Crippen LogP contribution in [0.25, 0.3) is 0 Å². The first-order valence-electron chi connectivity index (χ1n) is 4.03. The predicted octanol–water partition coefficient (Wildman–Crippen LogP) is 1.16. The van der Waals surface area contributed by atoms with Crippen molar-refractivity contribution >= 4 is 0 Å². The average Bonchev–Trinajstić information content (AvgIpc) is 2.05. The van der Waals surface area contributed by atoms with Gasteiger partial charge in [-0.3, -0.25) is 10.1 Å². The standard InChI is InChI=1S/C7H13NO3/c9-7(8(10)11)6-4-2-1-3-5-6/h6-7,9H,1-5H2. The van der Waals surface area contributed by atoms with Gasteiger partial charge in [-0.2, -0.15) is 0 Å². The number of aliphatic hydroxyl groups excluding tert-OH is 1. The third-order valence-electron chi connectivity index (χ3n) is 2.29. The molecule has 4 nitrogen and oxygen atoms in total. The molecule has 1 unspecified atom stereocenters. The van der Waals surface area contributed by atoms with Crippen LogP contribution in [-0.4, -0.2) is 16.3 Å². The maximum atomic E-state index is 10.2. The van der Waals surface area contributed by atoms with Crippen LogP contribution in [0.3, 0.4) is 0 Å². The minimum atomic E-state index is -1.32. The third kappa shape index (κ3) is 2.15. The Labute approximate surface area is 65.4 Å². The van der Waals surface area contributed by atoms with Gasteiger partial charge in [-0.15, -0.1) is 0 Å². The Morgan fingerprint density at radius 1 is 1.36 bits per heavy atom. The van der Waals surface area contributed by atoms with Crippen molar-refractivity contribution in [1.82, 2.24) is 0 Å². The van der Waals surface area contributed by atoms with Crippen molar-refractivity contribution in [2.24, 2.45) is 5.92 Å². The second-order valence-corrected chi connectivity index (χ2v) is 3.10. The summed E-state index contributed by atoms with van der Waals surface area (Å²) in [5.74, 6) is -0.0984. The van der Waals surface area contributed by atoms with Crippen LogP contribution in [0.1, 0.15) is 32.1 Å². The molecule has 1 aliphatic carbocycles. The molecular weight excluding hydrogens is 146 g/mol. The van der Waals surface area contributed by atoms with Crippen LogP contribution in [0.15, 0.2) is 0 Å². The Morgan fingerprint density at radius 2 is 1.91 bits per heavy atom.